The fraction of sp³-hybridized carbons (Fsp3) is 0.583. The van der Waals surface area contributed by atoms with Crippen molar-refractivity contribution in [1.82, 2.24) is 5.32 Å². The summed E-state index contributed by atoms with van der Waals surface area (Å²) in [7, 11) is 0. The first kappa shape index (κ1) is 11.8. The molecule has 1 aromatic rings. The van der Waals surface area contributed by atoms with E-state index in [0.29, 0.717) is 0 Å². The molecule has 0 aliphatic rings. The molecule has 1 atom stereocenters. The van der Waals surface area contributed by atoms with E-state index in [9.17, 15) is 0 Å². The summed E-state index contributed by atoms with van der Waals surface area (Å²) < 4.78 is 5.28. The van der Waals surface area contributed by atoms with Crippen molar-refractivity contribution in [2.75, 3.05) is 6.54 Å². The van der Waals surface area contributed by atoms with Crippen molar-refractivity contribution >= 4 is 0 Å². The van der Waals surface area contributed by atoms with Crippen LogP contribution in [0.3, 0.4) is 0 Å². The highest BCUT2D eigenvalue weighted by molar-refractivity contribution is 5.03. The SMILES string of the molecule is C[C@H](NCCC(C)(C)C#N)c1ccco1. The minimum absolute atomic E-state index is 0.203. The third-order valence-corrected chi connectivity index (χ3v) is 2.47. The third kappa shape index (κ3) is 3.77. The molecular formula is C12H18N2O. The Kier molecular flexibility index (Phi) is 3.93. The molecule has 1 aromatic heterocycles. The van der Waals surface area contributed by atoms with Crippen LogP contribution in [0.2, 0.25) is 0 Å². The first-order chi connectivity index (χ1) is 7.05. The van der Waals surface area contributed by atoms with Crippen LogP contribution in [0.5, 0.6) is 0 Å². The first-order valence-electron chi connectivity index (χ1n) is 5.23. The van der Waals surface area contributed by atoms with E-state index in [1.54, 1.807) is 6.26 Å². The molecule has 0 saturated carbocycles. The maximum absolute atomic E-state index is 8.85. The topological polar surface area (TPSA) is 49.0 Å². The number of hydrogen-bond donors (Lipinski definition) is 1. The van der Waals surface area contributed by atoms with Gasteiger partial charge in [0.05, 0.1) is 23.8 Å². The highest BCUT2D eigenvalue weighted by atomic mass is 16.3. The second-order valence-corrected chi connectivity index (χ2v) is 4.44. The van der Waals surface area contributed by atoms with Crippen LogP contribution in [0.4, 0.5) is 0 Å². The summed E-state index contributed by atoms with van der Waals surface area (Å²) in [5, 5.41) is 12.2. The van der Waals surface area contributed by atoms with Gasteiger partial charge < -0.3 is 9.73 Å². The number of rotatable bonds is 5. The van der Waals surface area contributed by atoms with E-state index in [1.165, 1.54) is 0 Å². The molecule has 0 unspecified atom stereocenters. The van der Waals surface area contributed by atoms with E-state index in [4.69, 9.17) is 9.68 Å². The van der Waals surface area contributed by atoms with Crippen molar-refractivity contribution in [2.24, 2.45) is 5.41 Å². The summed E-state index contributed by atoms with van der Waals surface area (Å²) in [5.74, 6) is 0.935. The van der Waals surface area contributed by atoms with E-state index in [2.05, 4.69) is 18.3 Å². The number of nitrogens with zero attached hydrogens (tertiary/aromatic N) is 1. The van der Waals surface area contributed by atoms with E-state index in [0.717, 1.165) is 18.7 Å². The molecule has 0 spiro atoms. The van der Waals surface area contributed by atoms with Gasteiger partial charge in [-0.3, -0.25) is 0 Å². The number of furan rings is 1. The van der Waals surface area contributed by atoms with Crippen molar-refractivity contribution in [3.8, 4) is 6.07 Å². The van der Waals surface area contributed by atoms with Crippen molar-refractivity contribution < 1.29 is 4.42 Å². The second kappa shape index (κ2) is 4.99. The molecule has 0 aliphatic heterocycles. The predicted octanol–water partition coefficient (Wildman–Crippen LogP) is 2.87. The Balaban J connectivity index is 2.30. The zero-order chi connectivity index (χ0) is 11.3. The molecule has 1 N–H and O–H groups in total. The minimum Gasteiger partial charge on any atom is -0.468 e. The van der Waals surface area contributed by atoms with Crippen LogP contribution < -0.4 is 5.32 Å². The molecule has 3 heteroatoms. The smallest absolute Gasteiger partial charge is 0.120 e. The lowest BCUT2D eigenvalue weighted by Gasteiger charge is -2.17. The van der Waals surface area contributed by atoms with Crippen molar-refractivity contribution in [3.05, 3.63) is 24.2 Å². The Morgan fingerprint density at radius 2 is 2.33 bits per heavy atom. The van der Waals surface area contributed by atoms with Gasteiger partial charge in [-0.1, -0.05) is 0 Å². The highest BCUT2D eigenvalue weighted by Crippen LogP contribution is 2.18. The van der Waals surface area contributed by atoms with Crippen molar-refractivity contribution in [3.63, 3.8) is 0 Å². The Labute approximate surface area is 91.1 Å². The maximum Gasteiger partial charge on any atom is 0.120 e. The highest BCUT2D eigenvalue weighted by Gasteiger charge is 2.16. The zero-order valence-corrected chi connectivity index (χ0v) is 9.58. The molecule has 0 radical (unpaired) electrons. The second-order valence-electron chi connectivity index (χ2n) is 4.44. The lowest BCUT2D eigenvalue weighted by molar-refractivity contribution is 0.386. The van der Waals surface area contributed by atoms with Gasteiger partial charge in [0.25, 0.3) is 0 Å². The number of nitriles is 1. The fourth-order valence-corrected chi connectivity index (χ4v) is 1.30. The maximum atomic E-state index is 8.85. The first-order valence-corrected chi connectivity index (χ1v) is 5.23. The van der Waals surface area contributed by atoms with Gasteiger partial charge in [0.2, 0.25) is 0 Å². The fourth-order valence-electron chi connectivity index (χ4n) is 1.30. The quantitative estimate of drug-likeness (QED) is 0.805. The van der Waals surface area contributed by atoms with Gasteiger partial charge in [0.1, 0.15) is 5.76 Å². The summed E-state index contributed by atoms with van der Waals surface area (Å²) in [4.78, 5) is 0. The summed E-state index contributed by atoms with van der Waals surface area (Å²) in [5.41, 5.74) is -0.254. The summed E-state index contributed by atoms with van der Waals surface area (Å²) in [6.07, 6.45) is 2.52. The minimum atomic E-state index is -0.254. The van der Waals surface area contributed by atoms with E-state index >= 15 is 0 Å². The average molecular weight is 206 g/mol. The molecule has 0 saturated heterocycles. The van der Waals surface area contributed by atoms with Gasteiger partial charge in [0, 0.05) is 0 Å². The standard InChI is InChI=1S/C12H18N2O/c1-10(11-5-4-8-15-11)14-7-6-12(2,3)9-13/h4-5,8,10,14H,6-7H2,1-3H3/t10-/m0/s1. The van der Waals surface area contributed by atoms with Gasteiger partial charge in [-0.15, -0.1) is 0 Å². The normalized spacial score (nSPS) is 13.5. The lowest BCUT2D eigenvalue weighted by Crippen LogP contribution is -2.23. The van der Waals surface area contributed by atoms with Crippen LogP contribution in [0.25, 0.3) is 0 Å². The van der Waals surface area contributed by atoms with Crippen LogP contribution in [-0.4, -0.2) is 6.54 Å². The van der Waals surface area contributed by atoms with Crippen LogP contribution in [0, 0.1) is 16.7 Å². The zero-order valence-electron chi connectivity index (χ0n) is 9.58. The number of nitrogens with one attached hydrogen (secondary N) is 1. The molecule has 1 rings (SSSR count). The Morgan fingerprint density at radius 1 is 1.60 bits per heavy atom. The number of hydrogen-bond acceptors (Lipinski definition) is 3. The van der Waals surface area contributed by atoms with Crippen molar-refractivity contribution in [2.45, 2.75) is 33.2 Å². The van der Waals surface area contributed by atoms with Crippen LogP contribution >= 0.6 is 0 Å². The molecule has 0 aliphatic carbocycles. The van der Waals surface area contributed by atoms with Crippen LogP contribution in [0.1, 0.15) is 39.0 Å². The molecule has 0 fully saturated rings. The Hall–Kier alpha value is -1.27. The van der Waals surface area contributed by atoms with E-state index < -0.39 is 0 Å². The summed E-state index contributed by atoms with van der Waals surface area (Å²) in [6, 6.07) is 6.32. The third-order valence-electron chi connectivity index (χ3n) is 2.47. The van der Waals surface area contributed by atoms with E-state index in [-0.39, 0.29) is 11.5 Å². The molecule has 82 valence electrons. The van der Waals surface area contributed by atoms with Gasteiger partial charge in [-0.05, 0) is 45.9 Å². The molecule has 0 aromatic carbocycles. The Bertz CT molecular complexity index is 322. The average Bonchev–Trinajstić information content (AvgIpc) is 2.70. The van der Waals surface area contributed by atoms with E-state index in [1.807, 2.05) is 26.0 Å². The summed E-state index contributed by atoms with van der Waals surface area (Å²) in [6.45, 7) is 6.78. The van der Waals surface area contributed by atoms with Crippen LogP contribution in [0.15, 0.2) is 22.8 Å². The molecular weight excluding hydrogens is 188 g/mol. The Morgan fingerprint density at radius 3 is 2.87 bits per heavy atom. The van der Waals surface area contributed by atoms with Crippen molar-refractivity contribution in [1.29, 1.82) is 5.26 Å². The molecule has 3 nitrogen and oxygen atoms in total. The molecule has 1 heterocycles. The monoisotopic (exact) mass is 206 g/mol. The molecule has 0 bridgehead atoms. The van der Waals surface area contributed by atoms with Gasteiger partial charge in [-0.25, -0.2) is 0 Å². The van der Waals surface area contributed by atoms with Gasteiger partial charge in [-0.2, -0.15) is 5.26 Å². The van der Waals surface area contributed by atoms with Crippen LogP contribution in [-0.2, 0) is 0 Å². The van der Waals surface area contributed by atoms with Gasteiger partial charge in [0.15, 0.2) is 0 Å². The molecule has 15 heavy (non-hydrogen) atoms. The largest absolute Gasteiger partial charge is 0.468 e. The summed E-state index contributed by atoms with van der Waals surface area (Å²) >= 11 is 0. The lowest BCUT2D eigenvalue weighted by atomic mass is 9.91. The van der Waals surface area contributed by atoms with Gasteiger partial charge >= 0.3 is 0 Å². The predicted molar refractivity (Wildman–Crippen MR) is 59.1 cm³/mol. The molecule has 0 amide bonds.